The molecule has 0 fully saturated rings. The van der Waals surface area contributed by atoms with Gasteiger partial charge in [0.2, 0.25) is 5.91 Å². The molecule has 2 heterocycles. The molecule has 31 heavy (non-hydrogen) atoms. The first-order chi connectivity index (χ1) is 14.9. The molecule has 0 aliphatic heterocycles. The van der Waals surface area contributed by atoms with Crippen LogP contribution in [0.25, 0.3) is 11.1 Å². The quantitative estimate of drug-likeness (QED) is 0.498. The van der Waals surface area contributed by atoms with E-state index in [4.69, 9.17) is 5.73 Å². The molecule has 0 aliphatic carbocycles. The largest absolute Gasteiger partial charge is 0.383 e. The van der Waals surface area contributed by atoms with Crippen LogP contribution in [0.1, 0.15) is 35.6 Å². The van der Waals surface area contributed by atoms with E-state index in [9.17, 15) is 15.3 Å². The van der Waals surface area contributed by atoms with Gasteiger partial charge < -0.3 is 11.1 Å². The monoisotopic (exact) mass is 447 g/mol. The lowest BCUT2D eigenvalue weighted by atomic mass is 9.99. The maximum Gasteiger partial charge on any atom is 0.237 e. The van der Waals surface area contributed by atoms with Crippen LogP contribution >= 0.6 is 23.1 Å². The number of nitriles is 2. The number of nitrogen functional groups attached to an aromatic ring is 1. The van der Waals surface area contributed by atoms with Crippen LogP contribution in [0.2, 0.25) is 0 Å². The molecule has 3 aromatic rings. The molecular formula is C23H21N5OS2. The van der Waals surface area contributed by atoms with Gasteiger partial charge in [-0.1, -0.05) is 24.8 Å². The van der Waals surface area contributed by atoms with Crippen molar-refractivity contribution in [3.05, 3.63) is 57.3 Å². The molecule has 1 aromatic carbocycles. The summed E-state index contributed by atoms with van der Waals surface area (Å²) in [6.45, 7) is 5.91. The van der Waals surface area contributed by atoms with Crippen LogP contribution in [0.5, 0.6) is 0 Å². The summed E-state index contributed by atoms with van der Waals surface area (Å²) in [6, 6.07) is 11.8. The molecule has 156 valence electrons. The summed E-state index contributed by atoms with van der Waals surface area (Å²) in [5, 5.41) is 26.0. The topological polar surface area (TPSA) is 116 Å². The number of hydrogen-bond acceptors (Lipinski definition) is 7. The Morgan fingerprint density at radius 1 is 1.23 bits per heavy atom. The number of carbonyl (C=O) groups excluding carboxylic acids is 1. The van der Waals surface area contributed by atoms with Crippen LogP contribution in [0.3, 0.4) is 0 Å². The van der Waals surface area contributed by atoms with Gasteiger partial charge in [0.1, 0.15) is 28.5 Å². The Morgan fingerprint density at radius 3 is 2.55 bits per heavy atom. The third-order valence-corrected chi connectivity index (χ3v) is 6.95. The molecule has 0 saturated carbocycles. The second-order valence-corrected chi connectivity index (χ2v) is 8.94. The number of aryl methyl sites for hydroxylation is 2. The number of carbonyl (C=O) groups is 1. The zero-order valence-corrected chi connectivity index (χ0v) is 19.0. The number of aromatic nitrogens is 1. The molecule has 6 nitrogen and oxygen atoms in total. The Kier molecular flexibility index (Phi) is 6.96. The van der Waals surface area contributed by atoms with Crippen LogP contribution < -0.4 is 11.1 Å². The summed E-state index contributed by atoms with van der Waals surface area (Å²) in [5.74, 6) is -0.129. The van der Waals surface area contributed by atoms with Gasteiger partial charge in [-0.05, 0) is 65.9 Å². The van der Waals surface area contributed by atoms with Gasteiger partial charge in [0, 0.05) is 11.3 Å². The molecule has 1 atom stereocenters. The van der Waals surface area contributed by atoms with Crippen LogP contribution in [-0.2, 0) is 4.79 Å². The van der Waals surface area contributed by atoms with E-state index in [1.807, 2.05) is 55.8 Å². The summed E-state index contributed by atoms with van der Waals surface area (Å²) in [5.41, 5.74) is 10.6. The van der Waals surface area contributed by atoms with E-state index in [1.54, 1.807) is 0 Å². The molecule has 3 rings (SSSR count). The Morgan fingerprint density at radius 2 is 1.97 bits per heavy atom. The minimum atomic E-state index is -0.483. The highest BCUT2D eigenvalue weighted by molar-refractivity contribution is 8.00. The number of pyridine rings is 1. The van der Waals surface area contributed by atoms with Gasteiger partial charge in [0.25, 0.3) is 0 Å². The van der Waals surface area contributed by atoms with Crippen molar-refractivity contribution in [3.8, 4) is 23.3 Å². The SMILES string of the molecule is CCC(Sc1nc(N)c(C#N)c(-c2ccsc2)c1C#N)C(=O)Nc1ccc(C)c(C)c1. The van der Waals surface area contributed by atoms with Crippen molar-refractivity contribution in [1.82, 2.24) is 4.98 Å². The van der Waals surface area contributed by atoms with Crippen LogP contribution in [0.4, 0.5) is 11.5 Å². The maximum atomic E-state index is 12.9. The van der Waals surface area contributed by atoms with Gasteiger partial charge in [0.15, 0.2) is 0 Å². The number of nitrogens with one attached hydrogen (secondary N) is 1. The van der Waals surface area contributed by atoms with Crippen LogP contribution in [0, 0.1) is 36.5 Å². The summed E-state index contributed by atoms with van der Waals surface area (Å²) in [6.07, 6.45) is 0.529. The van der Waals surface area contributed by atoms with E-state index in [-0.39, 0.29) is 22.9 Å². The zero-order valence-electron chi connectivity index (χ0n) is 17.4. The second kappa shape index (κ2) is 9.65. The average Bonchev–Trinajstić information content (AvgIpc) is 3.28. The molecule has 1 unspecified atom stereocenters. The van der Waals surface area contributed by atoms with Crippen molar-refractivity contribution in [2.24, 2.45) is 0 Å². The molecule has 0 radical (unpaired) electrons. The van der Waals surface area contributed by atoms with E-state index >= 15 is 0 Å². The predicted octanol–water partition coefficient (Wildman–Crippen LogP) is 5.26. The van der Waals surface area contributed by atoms with Gasteiger partial charge in [-0.15, -0.1) is 0 Å². The summed E-state index contributed by atoms with van der Waals surface area (Å²) in [7, 11) is 0. The number of thioether (sulfide) groups is 1. The Bertz CT molecular complexity index is 1210. The first-order valence-electron chi connectivity index (χ1n) is 9.60. The number of amides is 1. The number of benzene rings is 1. The van der Waals surface area contributed by atoms with E-state index in [0.717, 1.165) is 22.4 Å². The van der Waals surface area contributed by atoms with Gasteiger partial charge in [-0.2, -0.15) is 21.9 Å². The molecule has 0 aliphatic rings. The molecular weight excluding hydrogens is 426 g/mol. The Hall–Kier alpha value is -3.33. The first kappa shape index (κ1) is 22.4. The maximum absolute atomic E-state index is 12.9. The van der Waals surface area contributed by atoms with Gasteiger partial charge in [-0.3, -0.25) is 4.79 Å². The molecule has 3 N–H and O–H groups in total. The normalized spacial score (nSPS) is 11.4. The standard InChI is InChI=1S/C23H21N5OS2/c1-4-19(22(29)27-16-6-5-13(2)14(3)9-16)31-23-18(11-25)20(15-7-8-30-12-15)17(10-24)21(26)28-23/h5-9,12,19H,4H2,1-3H3,(H2,26,28)(H,27,29). The number of anilines is 2. The molecule has 8 heteroatoms. The van der Waals surface area contributed by atoms with E-state index in [1.165, 1.54) is 23.1 Å². The number of nitrogens with two attached hydrogens (primary N) is 1. The number of nitrogens with zero attached hydrogens (tertiary/aromatic N) is 3. The number of thiophene rings is 1. The minimum Gasteiger partial charge on any atom is -0.383 e. The second-order valence-electron chi connectivity index (χ2n) is 6.97. The van der Waals surface area contributed by atoms with Crippen molar-refractivity contribution in [3.63, 3.8) is 0 Å². The van der Waals surface area contributed by atoms with Crippen molar-refractivity contribution >= 4 is 40.5 Å². The fourth-order valence-corrected chi connectivity index (χ4v) is 4.74. The summed E-state index contributed by atoms with van der Waals surface area (Å²) in [4.78, 5) is 17.2. The summed E-state index contributed by atoms with van der Waals surface area (Å²) >= 11 is 2.65. The fraction of sp³-hybridized carbons (Fsp3) is 0.217. The van der Waals surface area contributed by atoms with Gasteiger partial charge in [0.05, 0.1) is 10.8 Å². The lowest BCUT2D eigenvalue weighted by Crippen LogP contribution is -2.25. The lowest BCUT2D eigenvalue weighted by molar-refractivity contribution is -0.115. The third kappa shape index (κ3) is 4.72. The molecule has 0 bridgehead atoms. The lowest BCUT2D eigenvalue weighted by Gasteiger charge is -2.17. The van der Waals surface area contributed by atoms with E-state index in [0.29, 0.717) is 17.0 Å². The smallest absolute Gasteiger partial charge is 0.237 e. The minimum absolute atomic E-state index is 0.0506. The van der Waals surface area contributed by atoms with Crippen molar-refractivity contribution < 1.29 is 4.79 Å². The zero-order chi connectivity index (χ0) is 22.5. The van der Waals surface area contributed by atoms with Crippen molar-refractivity contribution in [1.29, 1.82) is 10.5 Å². The van der Waals surface area contributed by atoms with Crippen LogP contribution in [-0.4, -0.2) is 16.1 Å². The van der Waals surface area contributed by atoms with Gasteiger partial charge >= 0.3 is 0 Å². The highest BCUT2D eigenvalue weighted by Crippen LogP contribution is 2.38. The average molecular weight is 448 g/mol. The Balaban J connectivity index is 1.96. The molecule has 1 amide bonds. The number of rotatable bonds is 6. The Labute approximate surface area is 189 Å². The molecule has 0 saturated heterocycles. The number of hydrogen-bond donors (Lipinski definition) is 2. The third-order valence-electron chi connectivity index (χ3n) is 4.92. The summed E-state index contributed by atoms with van der Waals surface area (Å²) < 4.78 is 0. The van der Waals surface area contributed by atoms with E-state index < -0.39 is 5.25 Å². The van der Waals surface area contributed by atoms with Crippen molar-refractivity contribution in [2.45, 2.75) is 37.5 Å². The fourth-order valence-electron chi connectivity index (χ4n) is 3.08. The van der Waals surface area contributed by atoms with E-state index in [2.05, 4.69) is 22.4 Å². The van der Waals surface area contributed by atoms with Crippen LogP contribution in [0.15, 0.2) is 40.1 Å². The highest BCUT2D eigenvalue weighted by atomic mass is 32.2. The molecule has 2 aromatic heterocycles. The first-order valence-corrected chi connectivity index (χ1v) is 11.4. The van der Waals surface area contributed by atoms with Gasteiger partial charge in [-0.25, -0.2) is 4.98 Å². The highest BCUT2D eigenvalue weighted by Gasteiger charge is 2.25. The molecule has 0 spiro atoms. The van der Waals surface area contributed by atoms with Crippen molar-refractivity contribution in [2.75, 3.05) is 11.1 Å². The predicted molar refractivity (Wildman–Crippen MR) is 126 cm³/mol.